The summed E-state index contributed by atoms with van der Waals surface area (Å²) in [6, 6.07) is 0. The Bertz CT molecular complexity index is 1000. The minimum absolute atomic E-state index is 0.0152. The minimum atomic E-state index is -1.68. The van der Waals surface area contributed by atoms with E-state index in [0.717, 1.165) is 20.0 Å². The molecule has 0 aromatic rings. The molecule has 5 N–H and O–H groups in total. The summed E-state index contributed by atoms with van der Waals surface area (Å²) in [6.45, 7) is 3.26. The Labute approximate surface area is 227 Å². The number of hydrogen-bond acceptors (Lipinski definition) is 11. The van der Waals surface area contributed by atoms with Crippen LogP contribution in [0, 0.1) is 34.5 Å². The Kier molecular flexibility index (Phi) is 7.53. The zero-order chi connectivity index (χ0) is 28.5. The molecule has 0 radical (unpaired) electrons. The van der Waals surface area contributed by atoms with Gasteiger partial charge < -0.3 is 39.7 Å². The minimum Gasteiger partial charge on any atom is -0.467 e. The second kappa shape index (κ2) is 10.1. The van der Waals surface area contributed by atoms with E-state index in [-0.39, 0.29) is 53.8 Å². The number of methoxy groups -OCH3 is 1. The third-order valence-corrected chi connectivity index (χ3v) is 11.4. The number of carbonyl (C=O) groups excluding carboxylic acids is 3. The molecular weight excluding hydrogens is 512 g/mol. The van der Waals surface area contributed by atoms with Crippen molar-refractivity contribution in [3.63, 3.8) is 0 Å². The Morgan fingerprint density at radius 2 is 1.74 bits per heavy atom. The highest BCUT2D eigenvalue weighted by Gasteiger charge is 2.69. The number of ether oxygens (including phenoxy) is 3. The highest BCUT2D eigenvalue weighted by Crippen LogP contribution is 2.67. The third-order valence-electron chi connectivity index (χ3n) is 11.4. The number of ketones is 2. The molecule has 1 saturated heterocycles. The summed E-state index contributed by atoms with van der Waals surface area (Å²) in [6.07, 6.45) is -3.49. The first kappa shape index (κ1) is 29.0. The van der Waals surface area contributed by atoms with Crippen molar-refractivity contribution in [2.75, 3.05) is 13.7 Å². The number of aliphatic hydroxyl groups excluding tert-OH is 4. The van der Waals surface area contributed by atoms with Crippen molar-refractivity contribution in [2.24, 2.45) is 34.5 Å². The van der Waals surface area contributed by atoms with E-state index in [1.807, 2.05) is 6.92 Å². The maximum Gasteiger partial charge on any atom is 0.337 e. The number of fused-ring (bicyclic) bond motifs is 5. The van der Waals surface area contributed by atoms with Crippen molar-refractivity contribution in [3.05, 3.63) is 0 Å². The number of rotatable bonds is 5. The molecule has 4 saturated carbocycles. The fraction of sp³-hybridized carbons (Fsp3) is 0.893. The Hall–Kier alpha value is -1.47. The van der Waals surface area contributed by atoms with Gasteiger partial charge in [0, 0.05) is 17.8 Å². The molecule has 5 aliphatic rings. The Morgan fingerprint density at radius 3 is 2.41 bits per heavy atom. The SMILES string of the molecule is COC(=O)C1OC(OC2CCC3(C)C(CCC4C3C(=O)CC3(C)C4CCC3(O)C(=O)CO)C2)C(O)C(O)C1O. The van der Waals surface area contributed by atoms with Crippen LogP contribution in [0.5, 0.6) is 0 Å². The van der Waals surface area contributed by atoms with Gasteiger partial charge in [-0.2, -0.15) is 0 Å². The van der Waals surface area contributed by atoms with E-state index in [4.69, 9.17) is 9.47 Å². The first-order valence-corrected chi connectivity index (χ1v) is 14.1. The quantitative estimate of drug-likeness (QED) is 0.226. The lowest BCUT2D eigenvalue weighted by Crippen LogP contribution is -2.63. The zero-order valence-electron chi connectivity index (χ0n) is 22.8. The molecule has 0 bridgehead atoms. The van der Waals surface area contributed by atoms with Gasteiger partial charge in [-0.15, -0.1) is 0 Å². The van der Waals surface area contributed by atoms with E-state index in [9.17, 15) is 39.9 Å². The highest BCUT2D eigenvalue weighted by atomic mass is 16.7. The van der Waals surface area contributed by atoms with Gasteiger partial charge in [-0.05, 0) is 68.1 Å². The number of Topliss-reactive ketones (excluding diaryl/α,β-unsaturated/α-hetero) is 2. The standard InChI is InChI=1S/C28H42O11/c1-26-8-6-14(38-25-22(34)20(32)21(33)23(39-25)24(35)37-3)10-13(26)4-5-15-16-7-9-28(36,18(31)12-29)27(16,2)11-17(30)19(15)26/h13-16,19-23,25,29,32-34,36H,4-12H2,1-3H3. The fourth-order valence-corrected chi connectivity index (χ4v) is 9.21. The topological polar surface area (TPSA) is 180 Å². The lowest BCUT2D eigenvalue weighted by molar-refractivity contribution is -0.309. The monoisotopic (exact) mass is 554 g/mol. The van der Waals surface area contributed by atoms with Gasteiger partial charge in [0.05, 0.1) is 13.2 Å². The Balaban J connectivity index is 1.30. The van der Waals surface area contributed by atoms with Gasteiger partial charge in [-0.25, -0.2) is 4.79 Å². The molecular formula is C28H42O11. The molecule has 39 heavy (non-hydrogen) atoms. The van der Waals surface area contributed by atoms with Crippen LogP contribution in [0.3, 0.4) is 0 Å². The molecule has 13 atom stereocenters. The smallest absolute Gasteiger partial charge is 0.337 e. The van der Waals surface area contributed by atoms with Gasteiger partial charge in [-0.3, -0.25) is 9.59 Å². The molecule has 5 rings (SSSR count). The molecule has 1 aliphatic heterocycles. The molecule has 13 unspecified atom stereocenters. The van der Waals surface area contributed by atoms with Crippen LogP contribution >= 0.6 is 0 Å². The van der Waals surface area contributed by atoms with Crippen LogP contribution < -0.4 is 0 Å². The maximum absolute atomic E-state index is 13.8. The second-order valence-electron chi connectivity index (χ2n) is 13.0. The summed E-state index contributed by atoms with van der Waals surface area (Å²) < 4.78 is 16.2. The van der Waals surface area contributed by atoms with Crippen LogP contribution in [0.1, 0.15) is 65.2 Å². The van der Waals surface area contributed by atoms with Crippen molar-refractivity contribution < 1.29 is 54.1 Å². The van der Waals surface area contributed by atoms with Crippen LogP contribution in [-0.4, -0.2) is 99.2 Å². The second-order valence-corrected chi connectivity index (χ2v) is 13.0. The van der Waals surface area contributed by atoms with Crippen molar-refractivity contribution >= 4 is 17.5 Å². The first-order valence-electron chi connectivity index (χ1n) is 14.1. The molecule has 11 nitrogen and oxygen atoms in total. The first-order chi connectivity index (χ1) is 18.3. The van der Waals surface area contributed by atoms with Crippen molar-refractivity contribution in [1.29, 1.82) is 0 Å². The number of carbonyl (C=O) groups is 3. The van der Waals surface area contributed by atoms with E-state index in [2.05, 4.69) is 11.7 Å². The van der Waals surface area contributed by atoms with Crippen molar-refractivity contribution in [3.8, 4) is 0 Å². The van der Waals surface area contributed by atoms with Crippen molar-refractivity contribution in [2.45, 2.75) is 108 Å². The van der Waals surface area contributed by atoms with Gasteiger partial charge >= 0.3 is 5.97 Å². The summed E-state index contributed by atoms with van der Waals surface area (Å²) in [7, 11) is 1.13. The molecule has 4 aliphatic carbocycles. The molecule has 1 heterocycles. The lowest BCUT2D eigenvalue weighted by Gasteiger charge is -2.60. The zero-order valence-corrected chi connectivity index (χ0v) is 22.8. The summed E-state index contributed by atoms with van der Waals surface area (Å²) in [5.41, 5.74) is -2.86. The molecule has 11 heteroatoms. The van der Waals surface area contributed by atoms with Gasteiger partial charge in [0.15, 0.2) is 18.2 Å². The molecule has 0 aromatic carbocycles. The van der Waals surface area contributed by atoms with Gasteiger partial charge in [0.2, 0.25) is 0 Å². The van der Waals surface area contributed by atoms with Crippen LogP contribution in [0.25, 0.3) is 0 Å². The number of esters is 1. The van der Waals surface area contributed by atoms with Gasteiger partial charge in [-0.1, -0.05) is 13.8 Å². The summed E-state index contributed by atoms with van der Waals surface area (Å²) in [5, 5.41) is 51.8. The fourth-order valence-electron chi connectivity index (χ4n) is 9.21. The van der Waals surface area contributed by atoms with E-state index < -0.39 is 60.1 Å². The highest BCUT2D eigenvalue weighted by molar-refractivity contribution is 5.92. The van der Waals surface area contributed by atoms with Gasteiger partial charge in [0.25, 0.3) is 0 Å². The van der Waals surface area contributed by atoms with E-state index in [0.29, 0.717) is 25.7 Å². The largest absolute Gasteiger partial charge is 0.467 e. The number of hydrogen-bond donors (Lipinski definition) is 5. The lowest BCUT2D eigenvalue weighted by atomic mass is 9.44. The van der Waals surface area contributed by atoms with Crippen LogP contribution in [0.15, 0.2) is 0 Å². The van der Waals surface area contributed by atoms with Crippen LogP contribution in [-0.2, 0) is 28.6 Å². The predicted molar refractivity (Wildman–Crippen MR) is 133 cm³/mol. The van der Waals surface area contributed by atoms with E-state index >= 15 is 0 Å². The summed E-state index contributed by atoms with van der Waals surface area (Å²) >= 11 is 0. The molecule has 0 spiro atoms. The van der Waals surface area contributed by atoms with Crippen LogP contribution in [0.4, 0.5) is 0 Å². The van der Waals surface area contributed by atoms with Gasteiger partial charge in [0.1, 0.15) is 36.3 Å². The predicted octanol–water partition coefficient (Wildman–Crippen LogP) is -0.134. The van der Waals surface area contributed by atoms with Crippen LogP contribution in [0.2, 0.25) is 0 Å². The molecule has 220 valence electrons. The van der Waals surface area contributed by atoms with E-state index in [1.165, 1.54) is 0 Å². The Morgan fingerprint density at radius 1 is 1.03 bits per heavy atom. The normalized spacial score (nSPS) is 51.4. The number of aliphatic hydroxyl groups is 5. The molecule has 5 fully saturated rings. The third kappa shape index (κ3) is 4.23. The van der Waals surface area contributed by atoms with Crippen molar-refractivity contribution in [1.82, 2.24) is 0 Å². The molecule has 0 aromatic heterocycles. The average molecular weight is 555 g/mol. The average Bonchev–Trinajstić information content (AvgIpc) is 3.18. The maximum atomic E-state index is 13.8. The summed E-state index contributed by atoms with van der Waals surface area (Å²) in [5.74, 6) is -1.38. The summed E-state index contributed by atoms with van der Waals surface area (Å²) in [4.78, 5) is 38.4. The molecule has 0 amide bonds. The van der Waals surface area contributed by atoms with E-state index in [1.54, 1.807) is 0 Å².